The van der Waals surface area contributed by atoms with E-state index < -0.39 is 11.4 Å². The molecule has 4 nitrogen and oxygen atoms in total. The molecule has 0 spiro atoms. The van der Waals surface area contributed by atoms with Crippen LogP contribution in [0, 0.1) is 5.82 Å². The van der Waals surface area contributed by atoms with Crippen molar-refractivity contribution in [3.63, 3.8) is 0 Å². The first-order chi connectivity index (χ1) is 11.8. The average Bonchev–Trinajstić information content (AvgIpc) is 3.02. The van der Waals surface area contributed by atoms with Gasteiger partial charge in [-0.3, -0.25) is 4.79 Å². The summed E-state index contributed by atoms with van der Waals surface area (Å²) in [7, 11) is 0. The van der Waals surface area contributed by atoms with Crippen LogP contribution < -0.4 is 5.32 Å². The van der Waals surface area contributed by atoms with Gasteiger partial charge in [0.15, 0.2) is 0 Å². The molecule has 0 unspecified atom stereocenters. The Kier molecular flexibility index (Phi) is 3.22. The number of phenolic OH excluding ortho intramolecular Hbond substituents is 1. The van der Waals surface area contributed by atoms with Crippen molar-refractivity contribution < 1.29 is 19.0 Å². The molecule has 2 aromatic carbocycles. The third-order valence-corrected chi connectivity index (χ3v) is 4.42. The monoisotopic (exact) mass is 337 g/mol. The van der Waals surface area contributed by atoms with E-state index in [0.717, 1.165) is 11.1 Å². The van der Waals surface area contributed by atoms with Crippen LogP contribution in [0.5, 0.6) is 5.75 Å². The molecule has 5 heteroatoms. The number of aromatic hydroxyl groups is 1. The molecule has 2 aromatic rings. The molecule has 2 aliphatic rings. The number of carbonyl (C=O) groups excluding carboxylic acids is 1. The second kappa shape index (κ2) is 5.21. The molecule has 2 aliphatic heterocycles. The van der Waals surface area contributed by atoms with Gasteiger partial charge in [0.2, 0.25) is 0 Å². The third kappa shape index (κ3) is 2.48. The van der Waals surface area contributed by atoms with Gasteiger partial charge in [-0.15, -0.1) is 0 Å². The molecule has 0 atom stereocenters. The van der Waals surface area contributed by atoms with Crippen molar-refractivity contribution >= 4 is 22.7 Å². The zero-order valence-corrected chi connectivity index (χ0v) is 13.8. The fraction of sp³-hybridized carbons (Fsp3) is 0.150. The minimum absolute atomic E-state index is 0.162. The van der Waals surface area contributed by atoms with E-state index >= 15 is 0 Å². The zero-order chi connectivity index (χ0) is 17.8. The van der Waals surface area contributed by atoms with Crippen LogP contribution in [-0.2, 0) is 9.53 Å². The molecule has 25 heavy (non-hydrogen) atoms. The highest BCUT2D eigenvalue weighted by molar-refractivity contribution is 6.32. The average molecular weight is 337 g/mol. The van der Waals surface area contributed by atoms with Crippen LogP contribution in [0.3, 0.4) is 0 Å². The van der Waals surface area contributed by atoms with E-state index in [0.29, 0.717) is 22.6 Å². The van der Waals surface area contributed by atoms with Crippen LogP contribution in [0.2, 0.25) is 0 Å². The Bertz CT molecular complexity index is 973. The molecule has 4 rings (SSSR count). The van der Waals surface area contributed by atoms with Crippen molar-refractivity contribution in [2.24, 2.45) is 0 Å². The summed E-state index contributed by atoms with van der Waals surface area (Å²) >= 11 is 0. The molecule has 1 amide bonds. The number of nitrogens with one attached hydrogen (secondary N) is 1. The summed E-state index contributed by atoms with van der Waals surface area (Å²) < 4.78 is 19.5. The van der Waals surface area contributed by atoms with E-state index in [1.807, 2.05) is 26.0 Å². The molecule has 0 saturated carbocycles. The van der Waals surface area contributed by atoms with Gasteiger partial charge in [0.25, 0.3) is 5.91 Å². The van der Waals surface area contributed by atoms with Gasteiger partial charge in [-0.2, -0.15) is 0 Å². The second-order valence-corrected chi connectivity index (χ2v) is 6.60. The number of allylic oxidation sites excluding steroid dienone is 1. The molecule has 0 bridgehead atoms. The summed E-state index contributed by atoms with van der Waals surface area (Å²) in [5.74, 6) is -0.130. The Balaban J connectivity index is 1.88. The SMILES string of the molecule is CC1(C)OC(=C2C(=O)Nc3cc(F)ccc32)C=C1c1cccc(O)c1. The molecule has 0 radical (unpaired) electrons. The topological polar surface area (TPSA) is 58.6 Å². The van der Waals surface area contributed by atoms with Crippen LogP contribution in [0.25, 0.3) is 11.1 Å². The van der Waals surface area contributed by atoms with Crippen LogP contribution in [0.4, 0.5) is 10.1 Å². The first-order valence-electron chi connectivity index (χ1n) is 7.91. The van der Waals surface area contributed by atoms with Gasteiger partial charge in [0, 0.05) is 11.1 Å². The lowest BCUT2D eigenvalue weighted by Crippen LogP contribution is -2.21. The van der Waals surface area contributed by atoms with E-state index in [2.05, 4.69) is 5.32 Å². The van der Waals surface area contributed by atoms with Crippen LogP contribution in [-0.4, -0.2) is 16.6 Å². The highest BCUT2D eigenvalue weighted by Gasteiger charge is 2.38. The predicted molar refractivity (Wildman–Crippen MR) is 93.2 cm³/mol. The van der Waals surface area contributed by atoms with E-state index in [-0.39, 0.29) is 11.7 Å². The molecule has 0 fully saturated rings. The number of amides is 1. The van der Waals surface area contributed by atoms with E-state index in [9.17, 15) is 14.3 Å². The first kappa shape index (κ1) is 15.4. The van der Waals surface area contributed by atoms with Crippen molar-refractivity contribution in [3.05, 3.63) is 71.2 Å². The number of phenols is 1. The summed E-state index contributed by atoms with van der Waals surface area (Å²) in [6, 6.07) is 11.1. The molecule has 0 aromatic heterocycles. The van der Waals surface area contributed by atoms with Gasteiger partial charge in [0.1, 0.15) is 22.9 Å². The number of halogens is 1. The Hall–Kier alpha value is -3.08. The number of carbonyl (C=O) groups is 1. The van der Waals surface area contributed by atoms with Gasteiger partial charge in [-0.1, -0.05) is 12.1 Å². The maximum absolute atomic E-state index is 13.4. The number of ether oxygens (including phenoxy) is 1. The minimum atomic E-state index is -0.667. The molecule has 0 aliphatic carbocycles. The number of benzene rings is 2. The number of hydrogen-bond donors (Lipinski definition) is 2. The maximum Gasteiger partial charge on any atom is 0.260 e. The highest BCUT2D eigenvalue weighted by Crippen LogP contribution is 2.44. The molecule has 2 heterocycles. The summed E-state index contributed by atoms with van der Waals surface area (Å²) in [5, 5.41) is 12.4. The van der Waals surface area contributed by atoms with Crippen molar-refractivity contribution in [3.8, 4) is 5.75 Å². The number of fused-ring (bicyclic) bond motifs is 1. The van der Waals surface area contributed by atoms with Crippen LogP contribution >= 0.6 is 0 Å². The number of hydrogen-bond acceptors (Lipinski definition) is 3. The minimum Gasteiger partial charge on any atom is -0.508 e. The summed E-state index contributed by atoms with van der Waals surface area (Å²) in [5.41, 5.74) is 2.45. The summed E-state index contributed by atoms with van der Waals surface area (Å²) in [4.78, 5) is 12.4. The Morgan fingerprint density at radius 1 is 1.16 bits per heavy atom. The zero-order valence-electron chi connectivity index (χ0n) is 13.8. The summed E-state index contributed by atoms with van der Waals surface area (Å²) in [6.45, 7) is 3.80. The standard InChI is InChI=1S/C20H16FNO3/c1-20(2)15(11-4-3-5-13(23)8-11)10-17(25-20)18-14-7-6-12(21)9-16(14)22-19(18)24/h3-10,23H,1-2H3,(H,22,24). The van der Waals surface area contributed by atoms with Crippen LogP contribution in [0.1, 0.15) is 25.0 Å². The summed E-state index contributed by atoms with van der Waals surface area (Å²) in [6.07, 6.45) is 1.81. The van der Waals surface area contributed by atoms with Crippen molar-refractivity contribution in [2.75, 3.05) is 5.32 Å². The van der Waals surface area contributed by atoms with Crippen molar-refractivity contribution in [1.82, 2.24) is 0 Å². The van der Waals surface area contributed by atoms with Gasteiger partial charge < -0.3 is 15.2 Å². The molecular weight excluding hydrogens is 321 g/mol. The van der Waals surface area contributed by atoms with Crippen molar-refractivity contribution in [2.45, 2.75) is 19.4 Å². The van der Waals surface area contributed by atoms with Crippen LogP contribution in [0.15, 0.2) is 54.3 Å². The quantitative estimate of drug-likeness (QED) is 0.771. The smallest absolute Gasteiger partial charge is 0.260 e. The van der Waals surface area contributed by atoms with E-state index in [1.165, 1.54) is 12.1 Å². The fourth-order valence-corrected chi connectivity index (χ4v) is 3.28. The lowest BCUT2D eigenvalue weighted by molar-refractivity contribution is -0.111. The van der Waals surface area contributed by atoms with Gasteiger partial charge >= 0.3 is 0 Å². The predicted octanol–water partition coefficient (Wildman–Crippen LogP) is 4.09. The largest absolute Gasteiger partial charge is 0.508 e. The molecule has 0 saturated heterocycles. The lowest BCUT2D eigenvalue weighted by atomic mass is 9.92. The van der Waals surface area contributed by atoms with E-state index in [1.54, 1.807) is 24.3 Å². The molecular formula is C20H16FNO3. The van der Waals surface area contributed by atoms with E-state index in [4.69, 9.17) is 4.74 Å². The Labute approximate surface area is 144 Å². The molecule has 126 valence electrons. The first-order valence-corrected chi connectivity index (χ1v) is 7.91. The Morgan fingerprint density at radius 2 is 1.96 bits per heavy atom. The van der Waals surface area contributed by atoms with Gasteiger partial charge in [-0.05, 0) is 55.8 Å². The second-order valence-electron chi connectivity index (χ2n) is 6.60. The number of rotatable bonds is 1. The lowest BCUT2D eigenvalue weighted by Gasteiger charge is -2.23. The van der Waals surface area contributed by atoms with Crippen molar-refractivity contribution in [1.29, 1.82) is 0 Å². The fourth-order valence-electron chi connectivity index (χ4n) is 3.28. The normalized spacial score (nSPS) is 20.8. The molecule has 2 N–H and O–H groups in total. The van der Waals surface area contributed by atoms with Gasteiger partial charge in [0.05, 0.1) is 11.3 Å². The highest BCUT2D eigenvalue weighted by atomic mass is 19.1. The van der Waals surface area contributed by atoms with Gasteiger partial charge in [-0.25, -0.2) is 4.39 Å². The Morgan fingerprint density at radius 3 is 2.72 bits per heavy atom. The third-order valence-electron chi connectivity index (χ3n) is 4.42. The number of anilines is 1. The maximum atomic E-state index is 13.4.